The zero-order valence-electron chi connectivity index (χ0n) is 6.18. The maximum atomic E-state index is 5.49. The smallest absolute Gasteiger partial charge is 0.0864 e. The van der Waals surface area contributed by atoms with Crippen LogP contribution in [0.25, 0.3) is 0 Å². The fourth-order valence-corrected chi connectivity index (χ4v) is 1.07. The van der Waals surface area contributed by atoms with Gasteiger partial charge in [-0.25, -0.2) is 0 Å². The predicted molar refractivity (Wildman–Crippen MR) is 38.4 cm³/mol. The van der Waals surface area contributed by atoms with Gasteiger partial charge in [-0.15, -0.1) is 0 Å². The summed E-state index contributed by atoms with van der Waals surface area (Å²) in [6, 6.07) is 0. The van der Waals surface area contributed by atoms with Crippen LogP contribution in [0.4, 0.5) is 0 Å². The highest BCUT2D eigenvalue weighted by atomic mass is 16.5. The molecule has 1 aliphatic rings. The summed E-state index contributed by atoms with van der Waals surface area (Å²) in [5.41, 5.74) is 0.170. The summed E-state index contributed by atoms with van der Waals surface area (Å²) in [7, 11) is 0. The van der Waals surface area contributed by atoms with Crippen LogP contribution in [-0.2, 0) is 4.74 Å². The molecular formula is C8H14O. The summed E-state index contributed by atoms with van der Waals surface area (Å²) in [5, 5.41) is 0. The van der Waals surface area contributed by atoms with Gasteiger partial charge in [-0.1, -0.05) is 12.2 Å². The van der Waals surface area contributed by atoms with E-state index in [1.807, 2.05) is 13.8 Å². The molecule has 1 nitrogen and oxygen atoms in total. The van der Waals surface area contributed by atoms with Crippen molar-refractivity contribution in [3.63, 3.8) is 0 Å². The Morgan fingerprint density at radius 2 is 2.22 bits per heavy atom. The average molecular weight is 126 g/mol. The van der Waals surface area contributed by atoms with Crippen LogP contribution in [0.1, 0.15) is 26.7 Å². The summed E-state index contributed by atoms with van der Waals surface area (Å²) in [5.74, 6) is 0. The van der Waals surface area contributed by atoms with Crippen molar-refractivity contribution in [2.24, 2.45) is 0 Å². The van der Waals surface area contributed by atoms with E-state index in [0.717, 1.165) is 6.61 Å². The number of allylic oxidation sites excluding steroid dienone is 1. The quantitative estimate of drug-likeness (QED) is 0.526. The maximum Gasteiger partial charge on any atom is 0.0864 e. The van der Waals surface area contributed by atoms with E-state index in [1.165, 1.54) is 12.8 Å². The Morgan fingerprint density at radius 3 is 2.56 bits per heavy atom. The van der Waals surface area contributed by atoms with Gasteiger partial charge in [-0.3, -0.25) is 0 Å². The van der Waals surface area contributed by atoms with Crippen LogP contribution >= 0.6 is 0 Å². The predicted octanol–water partition coefficient (Wildman–Crippen LogP) is 2.13. The molecule has 52 valence electrons. The first kappa shape index (κ1) is 6.81. The average Bonchev–Trinajstić information content (AvgIpc) is 2.51. The van der Waals surface area contributed by atoms with Crippen LogP contribution in [0.15, 0.2) is 12.2 Å². The molecule has 0 heterocycles. The summed E-state index contributed by atoms with van der Waals surface area (Å²) >= 11 is 0. The lowest BCUT2D eigenvalue weighted by Gasteiger charge is -2.08. The van der Waals surface area contributed by atoms with Gasteiger partial charge >= 0.3 is 0 Å². The van der Waals surface area contributed by atoms with Gasteiger partial charge < -0.3 is 4.74 Å². The van der Waals surface area contributed by atoms with Gasteiger partial charge in [-0.05, 0) is 26.7 Å². The third-order valence-electron chi connectivity index (χ3n) is 1.65. The largest absolute Gasteiger partial charge is 0.371 e. The van der Waals surface area contributed by atoms with E-state index in [1.54, 1.807) is 0 Å². The number of rotatable bonds is 3. The molecule has 0 aliphatic heterocycles. The van der Waals surface area contributed by atoms with Crippen molar-refractivity contribution in [1.29, 1.82) is 0 Å². The minimum Gasteiger partial charge on any atom is -0.371 e. The lowest BCUT2D eigenvalue weighted by atomic mass is 10.3. The Morgan fingerprint density at radius 1 is 1.56 bits per heavy atom. The summed E-state index contributed by atoms with van der Waals surface area (Å²) < 4.78 is 5.49. The third kappa shape index (κ3) is 1.55. The van der Waals surface area contributed by atoms with Gasteiger partial charge in [0, 0.05) is 6.61 Å². The van der Waals surface area contributed by atoms with E-state index in [2.05, 4.69) is 12.2 Å². The Balaban J connectivity index is 2.33. The molecular weight excluding hydrogens is 112 g/mol. The van der Waals surface area contributed by atoms with Crippen molar-refractivity contribution in [1.82, 2.24) is 0 Å². The monoisotopic (exact) mass is 126 g/mol. The second kappa shape index (κ2) is 2.53. The number of hydrogen-bond donors (Lipinski definition) is 0. The van der Waals surface area contributed by atoms with Crippen LogP contribution in [0, 0.1) is 0 Å². The van der Waals surface area contributed by atoms with E-state index in [0.29, 0.717) is 0 Å². The lowest BCUT2D eigenvalue weighted by molar-refractivity contribution is 0.0776. The minimum atomic E-state index is 0.170. The second-order valence-electron chi connectivity index (χ2n) is 2.50. The molecule has 0 aromatic heterocycles. The van der Waals surface area contributed by atoms with E-state index >= 15 is 0 Å². The van der Waals surface area contributed by atoms with Gasteiger partial charge in [-0.2, -0.15) is 0 Å². The van der Waals surface area contributed by atoms with E-state index in [4.69, 9.17) is 4.74 Å². The first-order chi connectivity index (χ1) is 4.33. The SMILES string of the molecule is CC=CC1(OCC)CC1. The molecule has 0 unspecified atom stereocenters. The molecule has 0 aromatic carbocycles. The Bertz CT molecular complexity index is 112. The fraction of sp³-hybridized carbons (Fsp3) is 0.750. The lowest BCUT2D eigenvalue weighted by Crippen LogP contribution is -2.09. The van der Waals surface area contributed by atoms with Crippen LogP contribution in [0.5, 0.6) is 0 Å². The molecule has 0 saturated heterocycles. The standard InChI is InChI=1S/C8H14O/c1-3-5-8(6-7-8)9-4-2/h3,5H,4,6-7H2,1-2H3. The highest BCUT2D eigenvalue weighted by Crippen LogP contribution is 2.40. The highest BCUT2D eigenvalue weighted by Gasteiger charge is 2.40. The zero-order chi connectivity index (χ0) is 6.74. The molecule has 9 heavy (non-hydrogen) atoms. The molecule has 0 bridgehead atoms. The molecule has 1 rings (SSSR count). The van der Waals surface area contributed by atoms with Crippen molar-refractivity contribution in [2.45, 2.75) is 32.3 Å². The number of ether oxygens (including phenoxy) is 1. The topological polar surface area (TPSA) is 9.23 Å². The second-order valence-corrected chi connectivity index (χ2v) is 2.50. The van der Waals surface area contributed by atoms with E-state index in [9.17, 15) is 0 Å². The minimum absolute atomic E-state index is 0.170. The first-order valence-electron chi connectivity index (χ1n) is 3.61. The van der Waals surface area contributed by atoms with Gasteiger partial charge in [0.2, 0.25) is 0 Å². The van der Waals surface area contributed by atoms with Crippen molar-refractivity contribution >= 4 is 0 Å². The zero-order valence-corrected chi connectivity index (χ0v) is 6.18. The summed E-state index contributed by atoms with van der Waals surface area (Å²) in [4.78, 5) is 0. The Hall–Kier alpha value is -0.300. The van der Waals surface area contributed by atoms with Gasteiger partial charge in [0.25, 0.3) is 0 Å². The van der Waals surface area contributed by atoms with Crippen molar-refractivity contribution in [2.75, 3.05) is 6.61 Å². The normalized spacial score (nSPS) is 22.9. The molecule has 0 aromatic rings. The van der Waals surface area contributed by atoms with Crippen LogP contribution in [0.3, 0.4) is 0 Å². The molecule has 1 saturated carbocycles. The maximum absolute atomic E-state index is 5.49. The third-order valence-corrected chi connectivity index (χ3v) is 1.65. The number of hydrogen-bond acceptors (Lipinski definition) is 1. The van der Waals surface area contributed by atoms with Gasteiger partial charge in [0.15, 0.2) is 0 Å². The fourth-order valence-electron chi connectivity index (χ4n) is 1.07. The van der Waals surface area contributed by atoms with Crippen LogP contribution in [-0.4, -0.2) is 12.2 Å². The molecule has 1 fully saturated rings. The van der Waals surface area contributed by atoms with E-state index in [-0.39, 0.29) is 5.60 Å². The summed E-state index contributed by atoms with van der Waals surface area (Å²) in [6.07, 6.45) is 6.66. The van der Waals surface area contributed by atoms with Crippen LogP contribution in [0.2, 0.25) is 0 Å². The highest BCUT2D eigenvalue weighted by molar-refractivity contribution is 5.11. The molecule has 0 amide bonds. The molecule has 0 radical (unpaired) electrons. The van der Waals surface area contributed by atoms with Gasteiger partial charge in [0.05, 0.1) is 5.60 Å². The first-order valence-corrected chi connectivity index (χ1v) is 3.61. The van der Waals surface area contributed by atoms with E-state index < -0.39 is 0 Å². The van der Waals surface area contributed by atoms with Crippen molar-refractivity contribution in [3.8, 4) is 0 Å². The van der Waals surface area contributed by atoms with Gasteiger partial charge in [0.1, 0.15) is 0 Å². The van der Waals surface area contributed by atoms with Crippen molar-refractivity contribution in [3.05, 3.63) is 12.2 Å². The molecule has 0 spiro atoms. The Labute approximate surface area is 56.7 Å². The molecule has 0 N–H and O–H groups in total. The van der Waals surface area contributed by atoms with Crippen LogP contribution < -0.4 is 0 Å². The molecule has 0 atom stereocenters. The summed E-state index contributed by atoms with van der Waals surface area (Å²) in [6.45, 7) is 4.92. The Kier molecular flexibility index (Phi) is 1.91. The van der Waals surface area contributed by atoms with Crippen molar-refractivity contribution < 1.29 is 4.74 Å². The molecule has 1 heteroatoms. The molecule has 1 aliphatic carbocycles.